The molecule has 0 spiro atoms. The van der Waals surface area contributed by atoms with Crippen LogP contribution in [-0.2, 0) is 13.5 Å². The highest BCUT2D eigenvalue weighted by Crippen LogP contribution is 2.25. The molecule has 1 aromatic carbocycles. The summed E-state index contributed by atoms with van der Waals surface area (Å²) >= 11 is 12.0. The van der Waals surface area contributed by atoms with Crippen LogP contribution in [0, 0.1) is 6.92 Å². The van der Waals surface area contributed by atoms with Gasteiger partial charge in [-0.15, -0.1) is 0 Å². The number of aryl methyl sites for hydroxylation is 1. The first kappa shape index (κ1) is 14.8. The zero-order chi connectivity index (χ0) is 14.7. The Morgan fingerprint density at radius 2 is 2.00 bits per heavy atom. The number of hydrogen-bond donors (Lipinski definition) is 1. The summed E-state index contributed by atoms with van der Waals surface area (Å²) in [7, 11) is 1.81. The van der Waals surface area contributed by atoms with Crippen LogP contribution in [0.1, 0.15) is 21.7 Å². The molecule has 5 nitrogen and oxygen atoms in total. The minimum Gasteiger partial charge on any atom is -0.352 e. The van der Waals surface area contributed by atoms with Crippen LogP contribution in [0.15, 0.2) is 18.5 Å². The zero-order valence-electron chi connectivity index (χ0n) is 11.2. The summed E-state index contributed by atoms with van der Waals surface area (Å²) in [5.74, 6) is 0.598. The Morgan fingerprint density at radius 1 is 1.35 bits per heavy atom. The maximum absolute atomic E-state index is 12.0. The second kappa shape index (κ2) is 6.24. The standard InChI is InChI=1S/C13H14Cl2N4O/c1-8-10(14)5-9(6-11(8)15)13(20)16-4-3-12-17-7-18-19(12)2/h5-7H,3-4H2,1-2H3,(H,16,20). The Hall–Kier alpha value is -1.59. The lowest BCUT2D eigenvalue weighted by Crippen LogP contribution is -2.26. The quantitative estimate of drug-likeness (QED) is 0.943. The molecule has 1 aromatic heterocycles. The highest BCUT2D eigenvalue weighted by molar-refractivity contribution is 6.36. The maximum Gasteiger partial charge on any atom is 0.251 e. The van der Waals surface area contributed by atoms with Crippen LogP contribution in [0.2, 0.25) is 10.0 Å². The van der Waals surface area contributed by atoms with E-state index in [9.17, 15) is 4.79 Å². The second-order valence-electron chi connectivity index (χ2n) is 4.37. The van der Waals surface area contributed by atoms with E-state index in [-0.39, 0.29) is 5.91 Å². The third-order valence-corrected chi connectivity index (χ3v) is 3.77. The van der Waals surface area contributed by atoms with E-state index in [1.165, 1.54) is 6.33 Å². The van der Waals surface area contributed by atoms with E-state index in [1.54, 1.807) is 23.7 Å². The van der Waals surface area contributed by atoms with Gasteiger partial charge in [0.05, 0.1) is 0 Å². The summed E-state index contributed by atoms with van der Waals surface area (Å²) in [5.41, 5.74) is 1.22. The van der Waals surface area contributed by atoms with Gasteiger partial charge in [-0.2, -0.15) is 5.10 Å². The van der Waals surface area contributed by atoms with Crippen molar-refractivity contribution in [2.75, 3.05) is 6.54 Å². The Labute approximate surface area is 126 Å². The summed E-state index contributed by atoms with van der Waals surface area (Å²) in [5, 5.41) is 7.73. The molecule has 106 valence electrons. The molecule has 0 aliphatic heterocycles. The van der Waals surface area contributed by atoms with Crippen LogP contribution >= 0.6 is 23.2 Å². The molecule has 0 unspecified atom stereocenters. The highest BCUT2D eigenvalue weighted by Gasteiger charge is 2.10. The van der Waals surface area contributed by atoms with Crippen molar-refractivity contribution in [3.05, 3.63) is 45.5 Å². The van der Waals surface area contributed by atoms with Gasteiger partial charge >= 0.3 is 0 Å². The molecule has 0 saturated carbocycles. The van der Waals surface area contributed by atoms with Gasteiger partial charge in [0.15, 0.2) is 0 Å². The minimum atomic E-state index is -0.212. The molecular weight excluding hydrogens is 299 g/mol. The number of benzene rings is 1. The summed E-state index contributed by atoms with van der Waals surface area (Å²) in [4.78, 5) is 16.1. The number of nitrogens with zero attached hydrogens (tertiary/aromatic N) is 3. The Bertz CT molecular complexity index is 616. The zero-order valence-corrected chi connectivity index (χ0v) is 12.7. The number of hydrogen-bond acceptors (Lipinski definition) is 3. The fourth-order valence-electron chi connectivity index (χ4n) is 1.71. The van der Waals surface area contributed by atoms with Crippen LogP contribution in [0.25, 0.3) is 0 Å². The summed E-state index contributed by atoms with van der Waals surface area (Å²) in [6.45, 7) is 2.27. The third kappa shape index (κ3) is 3.29. The summed E-state index contributed by atoms with van der Waals surface area (Å²) < 4.78 is 1.67. The van der Waals surface area contributed by atoms with Crippen molar-refractivity contribution in [1.82, 2.24) is 20.1 Å². The van der Waals surface area contributed by atoms with Gasteiger partial charge in [0.2, 0.25) is 0 Å². The molecule has 7 heteroatoms. The lowest BCUT2D eigenvalue weighted by molar-refractivity contribution is 0.0954. The Kier molecular flexibility index (Phi) is 4.62. The number of halogens is 2. The molecule has 2 aromatic rings. The van der Waals surface area contributed by atoms with Crippen molar-refractivity contribution in [3.8, 4) is 0 Å². The fourth-order valence-corrected chi connectivity index (χ4v) is 2.20. The predicted octanol–water partition coefficient (Wildman–Crippen LogP) is 2.40. The molecule has 0 radical (unpaired) electrons. The number of rotatable bonds is 4. The first-order valence-electron chi connectivity index (χ1n) is 6.05. The first-order chi connectivity index (χ1) is 9.49. The molecule has 0 saturated heterocycles. The van der Waals surface area contributed by atoms with E-state index in [4.69, 9.17) is 23.2 Å². The van der Waals surface area contributed by atoms with Crippen LogP contribution in [0.5, 0.6) is 0 Å². The van der Waals surface area contributed by atoms with Gasteiger partial charge < -0.3 is 5.32 Å². The fraction of sp³-hybridized carbons (Fsp3) is 0.308. The number of carbonyl (C=O) groups is 1. The Balaban J connectivity index is 1.97. The van der Waals surface area contributed by atoms with Crippen molar-refractivity contribution in [3.63, 3.8) is 0 Å². The van der Waals surface area contributed by atoms with Crippen LogP contribution in [-0.4, -0.2) is 27.2 Å². The molecule has 0 aliphatic carbocycles. The molecule has 0 aliphatic rings. The van der Waals surface area contributed by atoms with Crippen molar-refractivity contribution in [1.29, 1.82) is 0 Å². The largest absolute Gasteiger partial charge is 0.352 e. The summed E-state index contributed by atoms with van der Waals surface area (Å²) in [6, 6.07) is 3.22. The lowest BCUT2D eigenvalue weighted by atomic mass is 10.1. The van der Waals surface area contributed by atoms with E-state index < -0.39 is 0 Å². The van der Waals surface area contributed by atoms with Crippen molar-refractivity contribution in [2.24, 2.45) is 7.05 Å². The van der Waals surface area contributed by atoms with E-state index in [0.717, 1.165) is 11.4 Å². The molecule has 20 heavy (non-hydrogen) atoms. The van der Waals surface area contributed by atoms with Gasteiger partial charge in [0, 0.05) is 35.6 Å². The molecule has 0 bridgehead atoms. The third-order valence-electron chi connectivity index (χ3n) is 2.98. The van der Waals surface area contributed by atoms with Gasteiger partial charge in [-0.3, -0.25) is 9.48 Å². The smallest absolute Gasteiger partial charge is 0.251 e. The SMILES string of the molecule is Cc1c(Cl)cc(C(=O)NCCc2ncnn2C)cc1Cl. The van der Waals surface area contributed by atoms with Gasteiger partial charge in [-0.25, -0.2) is 4.98 Å². The number of carbonyl (C=O) groups excluding carboxylic acids is 1. The number of amides is 1. The van der Waals surface area contributed by atoms with Gasteiger partial charge in [-0.1, -0.05) is 23.2 Å². The van der Waals surface area contributed by atoms with Crippen LogP contribution in [0.4, 0.5) is 0 Å². The lowest BCUT2D eigenvalue weighted by Gasteiger charge is -2.08. The topological polar surface area (TPSA) is 59.8 Å². The highest BCUT2D eigenvalue weighted by atomic mass is 35.5. The number of nitrogens with one attached hydrogen (secondary N) is 1. The van der Waals surface area contributed by atoms with Crippen molar-refractivity contribution in [2.45, 2.75) is 13.3 Å². The van der Waals surface area contributed by atoms with E-state index >= 15 is 0 Å². The molecule has 1 amide bonds. The van der Waals surface area contributed by atoms with E-state index in [1.807, 2.05) is 7.05 Å². The van der Waals surface area contributed by atoms with E-state index in [0.29, 0.717) is 28.6 Å². The molecule has 2 rings (SSSR count). The molecule has 0 atom stereocenters. The van der Waals surface area contributed by atoms with Crippen LogP contribution in [0.3, 0.4) is 0 Å². The van der Waals surface area contributed by atoms with Crippen LogP contribution < -0.4 is 5.32 Å². The normalized spacial score (nSPS) is 10.6. The van der Waals surface area contributed by atoms with Crippen molar-refractivity contribution >= 4 is 29.1 Å². The Morgan fingerprint density at radius 3 is 2.55 bits per heavy atom. The van der Waals surface area contributed by atoms with Gasteiger partial charge in [-0.05, 0) is 24.6 Å². The second-order valence-corrected chi connectivity index (χ2v) is 5.19. The average molecular weight is 313 g/mol. The number of aromatic nitrogens is 3. The monoisotopic (exact) mass is 312 g/mol. The molecule has 1 N–H and O–H groups in total. The predicted molar refractivity (Wildman–Crippen MR) is 78.2 cm³/mol. The first-order valence-corrected chi connectivity index (χ1v) is 6.81. The van der Waals surface area contributed by atoms with Gasteiger partial charge in [0.25, 0.3) is 5.91 Å². The minimum absolute atomic E-state index is 0.212. The molecule has 0 fully saturated rings. The maximum atomic E-state index is 12.0. The molecular formula is C13H14Cl2N4O. The summed E-state index contributed by atoms with van der Waals surface area (Å²) in [6.07, 6.45) is 2.09. The molecule has 1 heterocycles. The van der Waals surface area contributed by atoms with E-state index in [2.05, 4.69) is 15.4 Å². The average Bonchev–Trinajstić information content (AvgIpc) is 2.81. The van der Waals surface area contributed by atoms with Gasteiger partial charge in [0.1, 0.15) is 12.2 Å². The van der Waals surface area contributed by atoms with Crippen molar-refractivity contribution < 1.29 is 4.79 Å².